The average molecular weight is 507 g/mol. The summed E-state index contributed by atoms with van der Waals surface area (Å²) >= 11 is 0. The van der Waals surface area contributed by atoms with Gasteiger partial charge in [0.2, 0.25) is 0 Å². The van der Waals surface area contributed by atoms with Crippen LogP contribution in [0, 0.1) is 0 Å². The maximum Gasteiger partial charge on any atom is 0.113 e. The molecule has 7 aromatic rings. The van der Waals surface area contributed by atoms with Crippen LogP contribution in [0.25, 0.3) is 43.8 Å². The fourth-order valence-corrected chi connectivity index (χ4v) is 5.51. The molecule has 2 heteroatoms. The van der Waals surface area contributed by atoms with Crippen LogP contribution in [0.3, 0.4) is 0 Å². The summed E-state index contributed by atoms with van der Waals surface area (Å²) in [5.74, 6) is 0. The molecule has 0 aliphatic carbocycles. The van der Waals surface area contributed by atoms with Crippen LogP contribution in [0.4, 0.5) is 17.1 Å². The number of anilines is 3. The SMILES string of the molecule is [B]c1ccc(N(c2ccc(-c3ccc4ccccc4c3)cc2)c2ccc(-c3cccc4ccccc34)cc2)cc1. The van der Waals surface area contributed by atoms with Gasteiger partial charge in [-0.25, -0.2) is 0 Å². The largest absolute Gasteiger partial charge is 0.311 e. The van der Waals surface area contributed by atoms with Crippen molar-refractivity contribution in [2.75, 3.05) is 4.90 Å². The molecule has 0 aliphatic rings. The van der Waals surface area contributed by atoms with E-state index in [0.717, 1.165) is 22.5 Å². The molecule has 0 saturated carbocycles. The Bertz CT molecular complexity index is 1930. The highest BCUT2D eigenvalue weighted by Gasteiger charge is 2.14. The minimum atomic E-state index is 0.752. The molecule has 2 radical (unpaired) electrons. The molecular formula is C38H26BN. The standard InChI is InChI=1S/C38H26BN/c39-33-18-24-36(25-19-33)40(34-20-14-28(15-21-34)32-13-12-27-6-1-2-8-31(27)26-32)35-22-16-30(17-23-35)38-11-5-9-29-7-3-4-10-37(29)38/h1-26H. The Hall–Kier alpha value is -5.08. The Kier molecular flexibility index (Phi) is 6.14. The lowest BCUT2D eigenvalue weighted by atomic mass is 9.96. The summed E-state index contributed by atoms with van der Waals surface area (Å²) in [6.07, 6.45) is 0. The third-order valence-corrected chi connectivity index (χ3v) is 7.59. The van der Waals surface area contributed by atoms with Crippen LogP contribution in [0.1, 0.15) is 0 Å². The van der Waals surface area contributed by atoms with Crippen LogP contribution < -0.4 is 10.4 Å². The molecule has 0 aliphatic heterocycles. The Balaban J connectivity index is 1.27. The molecule has 0 unspecified atom stereocenters. The number of nitrogens with zero attached hydrogens (tertiary/aromatic N) is 1. The lowest BCUT2D eigenvalue weighted by molar-refractivity contribution is 1.29. The highest BCUT2D eigenvalue weighted by molar-refractivity contribution is 6.32. The molecule has 0 atom stereocenters. The van der Waals surface area contributed by atoms with Crippen molar-refractivity contribution in [3.8, 4) is 22.3 Å². The van der Waals surface area contributed by atoms with Crippen molar-refractivity contribution in [2.24, 2.45) is 0 Å². The summed E-state index contributed by atoms with van der Waals surface area (Å²) in [6.45, 7) is 0. The van der Waals surface area contributed by atoms with Gasteiger partial charge in [-0.15, -0.1) is 0 Å². The molecule has 0 heterocycles. The molecule has 0 amide bonds. The molecular weight excluding hydrogens is 481 g/mol. The molecule has 40 heavy (non-hydrogen) atoms. The smallest absolute Gasteiger partial charge is 0.113 e. The van der Waals surface area contributed by atoms with Crippen molar-refractivity contribution in [2.45, 2.75) is 0 Å². The van der Waals surface area contributed by atoms with Crippen LogP contribution in [-0.2, 0) is 0 Å². The number of benzene rings is 7. The van der Waals surface area contributed by atoms with Crippen molar-refractivity contribution in [3.63, 3.8) is 0 Å². The Morgan fingerprint density at radius 2 is 0.900 bits per heavy atom. The molecule has 0 saturated heterocycles. The van der Waals surface area contributed by atoms with E-state index in [9.17, 15) is 0 Å². The summed E-state index contributed by atoms with van der Waals surface area (Å²) < 4.78 is 0. The van der Waals surface area contributed by atoms with Gasteiger partial charge in [0.05, 0.1) is 0 Å². The van der Waals surface area contributed by atoms with E-state index in [-0.39, 0.29) is 0 Å². The molecule has 0 spiro atoms. The maximum absolute atomic E-state index is 6.04. The van der Waals surface area contributed by atoms with Gasteiger partial charge in [0.1, 0.15) is 7.85 Å². The van der Waals surface area contributed by atoms with Gasteiger partial charge in [-0.1, -0.05) is 121 Å². The predicted molar refractivity (Wildman–Crippen MR) is 172 cm³/mol. The lowest BCUT2D eigenvalue weighted by Crippen LogP contribution is -2.11. The van der Waals surface area contributed by atoms with Gasteiger partial charge in [0, 0.05) is 17.1 Å². The van der Waals surface area contributed by atoms with Crippen LogP contribution in [-0.4, -0.2) is 7.85 Å². The van der Waals surface area contributed by atoms with E-state index >= 15 is 0 Å². The summed E-state index contributed by atoms with van der Waals surface area (Å²) in [7, 11) is 6.04. The van der Waals surface area contributed by atoms with Gasteiger partial charge < -0.3 is 4.90 Å². The van der Waals surface area contributed by atoms with Gasteiger partial charge in [-0.2, -0.15) is 0 Å². The molecule has 1 nitrogen and oxygen atoms in total. The minimum Gasteiger partial charge on any atom is -0.311 e. The second kappa shape index (κ2) is 10.2. The number of hydrogen-bond donors (Lipinski definition) is 0. The average Bonchev–Trinajstić information content (AvgIpc) is 3.02. The summed E-state index contributed by atoms with van der Waals surface area (Å²) in [5, 5.41) is 5.01. The zero-order chi connectivity index (χ0) is 26.9. The number of hydrogen-bond acceptors (Lipinski definition) is 1. The molecule has 0 N–H and O–H groups in total. The highest BCUT2D eigenvalue weighted by Crippen LogP contribution is 2.37. The topological polar surface area (TPSA) is 3.24 Å². The van der Waals surface area contributed by atoms with Crippen LogP contribution in [0.5, 0.6) is 0 Å². The molecule has 0 bridgehead atoms. The van der Waals surface area contributed by atoms with E-state index in [1.807, 2.05) is 12.1 Å². The molecule has 7 rings (SSSR count). The second-order valence-corrected chi connectivity index (χ2v) is 10.1. The fraction of sp³-hybridized carbons (Fsp3) is 0. The van der Waals surface area contributed by atoms with Gasteiger partial charge >= 0.3 is 0 Å². The minimum absolute atomic E-state index is 0.752. The van der Waals surface area contributed by atoms with E-state index in [1.165, 1.54) is 43.8 Å². The number of rotatable bonds is 5. The van der Waals surface area contributed by atoms with Gasteiger partial charge in [0.15, 0.2) is 0 Å². The highest BCUT2D eigenvalue weighted by atomic mass is 15.1. The first kappa shape index (κ1) is 24.0. The molecule has 0 aromatic heterocycles. The van der Waals surface area contributed by atoms with Crippen molar-refractivity contribution in [3.05, 3.63) is 158 Å². The third-order valence-electron chi connectivity index (χ3n) is 7.59. The molecule has 186 valence electrons. The van der Waals surface area contributed by atoms with Crippen molar-refractivity contribution < 1.29 is 0 Å². The van der Waals surface area contributed by atoms with Gasteiger partial charge in [0.25, 0.3) is 0 Å². The van der Waals surface area contributed by atoms with Crippen LogP contribution in [0.2, 0.25) is 0 Å². The van der Waals surface area contributed by atoms with Crippen molar-refractivity contribution >= 4 is 51.9 Å². The Morgan fingerprint density at radius 1 is 0.375 bits per heavy atom. The van der Waals surface area contributed by atoms with E-state index in [1.54, 1.807) is 0 Å². The summed E-state index contributed by atoms with van der Waals surface area (Å²) in [6, 6.07) is 55.8. The second-order valence-electron chi connectivity index (χ2n) is 10.1. The molecule has 0 fully saturated rings. The molecule has 7 aromatic carbocycles. The number of fused-ring (bicyclic) bond motifs is 2. The monoisotopic (exact) mass is 507 g/mol. The van der Waals surface area contributed by atoms with Crippen molar-refractivity contribution in [1.29, 1.82) is 0 Å². The van der Waals surface area contributed by atoms with Gasteiger partial charge in [-0.05, 0) is 86.3 Å². The quantitative estimate of drug-likeness (QED) is 0.210. The zero-order valence-corrected chi connectivity index (χ0v) is 22.0. The predicted octanol–water partition coefficient (Wildman–Crippen LogP) is 9.59. The summed E-state index contributed by atoms with van der Waals surface area (Å²) in [5.41, 5.74) is 8.83. The lowest BCUT2D eigenvalue weighted by Gasteiger charge is -2.26. The van der Waals surface area contributed by atoms with E-state index in [2.05, 4.69) is 150 Å². The van der Waals surface area contributed by atoms with E-state index in [4.69, 9.17) is 7.85 Å². The third kappa shape index (κ3) is 4.55. The Labute approximate surface area is 236 Å². The van der Waals surface area contributed by atoms with E-state index in [0.29, 0.717) is 0 Å². The first-order valence-electron chi connectivity index (χ1n) is 13.6. The first-order valence-corrected chi connectivity index (χ1v) is 13.6. The van der Waals surface area contributed by atoms with Crippen molar-refractivity contribution in [1.82, 2.24) is 0 Å². The van der Waals surface area contributed by atoms with Crippen LogP contribution >= 0.6 is 0 Å². The maximum atomic E-state index is 6.04. The summed E-state index contributed by atoms with van der Waals surface area (Å²) in [4.78, 5) is 2.27. The normalized spacial score (nSPS) is 11.1. The first-order chi connectivity index (χ1) is 19.7. The zero-order valence-electron chi connectivity index (χ0n) is 22.0. The fourth-order valence-electron chi connectivity index (χ4n) is 5.51. The van der Waals surface area contributed by atoms with Gasteiger partial charge in [-0.3, -0.25) is 0 Å². The van der Waals surface area contributed by atoms with E-state index < -0.39 is 0 Å². The Morgan fingerprint density at radius 3 is 1.60 bits per heavy atom. The van der Waals surface area contributed by atoms with Crippen LogP contribution in [0.15, 0.2) is 158 Å².